The molecule has 0 amide bonds. The molecule has 0 aliphatic heterocycles. The van der Waals surface area contributed by atoms with E-state index in [1.54, 1.807) is 6.92 Å². The van der Waals surface area contributed by atoms with Gasteiger partial charge in [-0.1, -0.05) is 34.6 Å². The average Bonchev–Trinajstić information content (AvgIpc) is 1.97. The largest absolute Gasteiger partial charge is 0.481 e. The van der Waals surface area contributed by atoms with Crippen molar-refractivity contribution in [1.82, 2.24) is 0 Å². The van der Waals surface area contributed by atoms with Gasteiger partial charge in [-0.2, -0.15) is 0 Å². The van der Waals surface area contributed by atoms with E-state index in [0.29, 0.717) is 12.0 Å². The van der Waals surface area contributed by atoms with Crippen LogP contribution in [0.3, 0.4) is 0 Å². The van der Waals surface area contributed by atoms with Crippen molar-refractivity contribution in [2.75, 3.05) is 6.61 Å². The van der Waals surface area contributed by atoms with Crippen molar-refractivity contribution < 1.29 is 24.9 Å². The maximum atomic E-state index is 9.82. The molecule has 0 fully saturated rings. The first-order chi connectivity index (χ1) is 7.92. The molecule has 19 heavy (non-hydrogen) atoms. The van der Waals surface area contributed by atoms with E-state index in [9.17, 15) is 4.79 Å². The molecule has 0 aromatic heterocycles. The lowest BCUT2D eigenvalue weighted by Gasteiger charge is -2.19. The average molecular weight is 280 g/mol. The van der Waals surface area contributed by atoms with Gasteiger partial charge in [0.05, 0.1) is 6.61 Å². The normalized spacial score (nSPS) is 9.11. The molecule has 3 N–H and O–H groups in total. The molecule has 5 heteroatoms. The van der Waals surface area contributed by atoms with Crippen molar-refractivity contribution in [3.05, 3.63) is 0 Å². The number of carboxylic acids is 1. The minimum Gasteiger partial charge on any atom is -0.481 e. The van der Waals surface area contributed by atoms with Crippen molar-refractivity contribution in [1.29, 1.82) is 0 Å². The maximum absolute atomic E-state index is 9.82. The third kappa shape index (κ3) is 78.8. The van der Waals surface area contributed by atoms with Gasteiger partial charge >= 0.3 is 5.97 Å². The quantitative estimate of drug-likeness (QED) is 0.787. The van der Waals surface area contributed by atoms with Gasteiger partial charge in [0, 0.05) is 13.8 Å². The van der Waals surface area contributed by atoms with Gasteiger partial charge in [-0.05, 0) is 24.7 Å². The second-order valence-electron chi connectivity index (χ2n) is 5.60. The molecule has 0 rings (SSSR count). The Kier molecular flexibility index (Phi) is 20.8. The smallest absolute Gasteiger partial charge is 0.302 e. The zero-order chi connectivity index (χ0) is 15.4. The van der Waals surface area contributed by atoms with Crippen molar-refractivity contribution in [3.8, 4) is 0 Å². The van der Waals surface area contributed by atoms with Crippen LogP contribution in [-0.4, -0.2) is 29.1 Å². The summed E-state index contributed by atoms with van der Waals surface area (Å²) in [5.41, 5.74) is 0.522. The van der Waals surface area contributed by atoms with E-state index in [1.807, 2.05) is 0 Å². The Morgan fingerprint density at radius 1 is 1.16 bits per heavy atom. The molecule has 0 bridgehead atoms. The van der Waals surface area contributed by atoms with Gasteiger partial charge in [0.2, 0.25) is 0 Å². The van der Waals surface area contributed by atoms with Gasteiger partial charge in [0.25, 0.3) is 5.97 Å². The molecule has 0 saturated carbocycles. The fraction of sp³-hybridized carbons (Fsp3) is 0.857. The zero-order valence-corrected chi connectivity index (χ0v) is 13.7. The lowest BCUT2D eigenvalue weighted by molar-refractivity contribution is -0.140. The van der Waals surface area contributed by atoms with Crippen LogP contribution in [0.25, 0.3) is 0 Å². The molecule has 0 aromatic rings. The molecule has 0 heterocycles. The van der Waals surface area contributed by atoms with Crippen LogP contribution in [0.5, 0.6) is 0 Å². The van der Waals surface area contributed by atoms with Gasteiger partial charge in [-0.15, -0.1) is 0 Å². The van der Waals surface area contributed by atoms with Crippen LogP contribution in [0, 0.1) is 11.3 Å². The highest BCUT2D eigenvalue weighted by Crippen LogP contribution is 2.23. The highest BCUT2D eigenvalue weighted by molar-refractivity contribution is 5.65. The number of carbonyl (C=O) groups is 2. The molecular formula is C14H32O5. The maximum Gasteiger partial charge on any atom is 0.302 e. The van der Waals surface area contributed by atoms with E-state index in [4.69, 9.17) is 9.90 Å². The van der Waals surface area contributed by atoms with Crippen LogP contribution in [0.4, 0.5) is 0 Å². The Labute approximate surface area is 117 Å². The predicted octanol–water partition coefficient (Wildman–Crippen LogP) is 2.91. The van der Waals surface area contributed by atoms with E-state index in [2.05, 4.69) is 39.4 Å². The Balaban J connectivity index is -0.0000000916. The van der Waals surface area contributed by atoms with Crippen molar-refractivity contribution in [2.24, 2.45) is 11.3 Å². The topological polar surface area (TPSA) is 95.1 Å². The SMILES string of the molecule is CC(=O)O.CC(C)CC(C)(C)C.CCOC(C)=O.O. The second-order valence-corrected chi connectivity index (χ2v) is 5.60. The van der Waals surface area contributed by atoms with Crippen LogP contribution >= 0.6 is 0 Å². The molecule has 0 aliphatic carbocycles. The van der Waals surface area contributed by atoms with Gasteiger partial charge in [-0.25, -0.2) is 0 Å². The van der Waals surface area contributed by atoms with E-state index >= 15 is 0 Å². The first-order valence-electron chi connectivity index (χ1n) is 6.25. The molecule has 0 radical (unpaired) electrons. The fourth-order valence-electron chi connectivity index (χ4n) is 1.43. The summed E-state index contributed by atoms with van der Waals surface area (Å²) in [6, 6.07) is 0. The Morgan fingerprint density at radius 3 is 1.47 bits per heavy atom. The third-order valence-corrected chi connectivity index (χ3v) is 1.37. The van der Waals surface area contributed by atoms with Crippen LogP contribution < -0.4 is 0 Å². The first-order valence-corrected chi connectivity index (χ1v) is 6.25. The van der Waals surface area contributed by atoms with Crippen LogP contribution in [0.1, 0.15) is 61.8 Å². The first kappa shape index (κ1) is 26.5. The van der Waals surface area contributed by atoms with Crippen molar-refractivity contribution in [2.45, 2.75) is 61.8 Å². The minimum atomic E-state index is -0.833. The van der Waals surface area contributed by atoms with Gasteiger partial charge < -0.3 is 15.3 Å². The number of esters is 1. The Morgan fingerprint density at radius 2 is 1.47 bits per heavy atom. The van der Waals surface area contributed by atoms with Crippen molar-refractivity contribution >= 4 is 11.9 Å². The number of hydrogen-bond donors (Lipinski definition) is 1. The fourth-order valence-corrected chi connectivity index (χ4v) is 1.43. The monoisotopic (exact) mass is 280 g/mol. The number of hydrogen-bond acceptors (Lipinski definition) is 3. The van der Waals surface area contributed by atoms with Gasteiger partial charge in [-0.3, -0.25) is 9.59 Å². The molecular weight excluding hydrogens is 248 g/mol. The summed E-state index contributed by atoms with van der Waals surface area (Å²) in [4.78, 5) is 18.8. The number of carbonyl (C=O) groups excluding carboxylic acids is 1. The molecule has 0 aromatic carbocycles. The molecule has 118 valence electrons. The molecule has 0 spiro atoms. The number of aliphatic carboxylic acids is 1. The number of rotatable bonds is 2. The van der Waals surface area contributed by atoms with E-state index in [1.165, 1.54) is 13.3 Å². The lowest BCUT2D eigenvalue weighted by atomic mass is 9.86. The summed E-state index contributed by atoms with van der Waals surface area (Å²) in [7, 11) is 0. The summed E-state index contributed by atoms with van der Waals surface area (Å²) in [5, 5.41) is 7.42. The summed E-state index contributed by atoms with van der Waals surface area (Å²) >= 11 is 0. The van der Waals surface area contributed by atoms with E-state index in [0.717, 1.165) is 12.8 Å². The van der Waals surface area contributed by atoms with Crippen LogP contribution in [-0.2, 0) is 14.3 Å². The zero-order valence-electron chi connectivity index (χ0n) is 13.7. The molecule has 0 saturated heterocycles. The predicted molar refractivity (Wildman–Crippen MR) is 78.1 cm³/mol. The summed E-state index contributed by atoms with van der Waals surface area (Å²) in [6.07, 6.45) is 1.33. The van der Waals surface area contributed by atoms with Gasteiger partial charge in [0.15, 0.2) is 0 Å². The van der Waals surface area contributed by atoms with E-state index < -0.39 is 5.97 Å². The Hall–Kier alpha value is -1.10. The highest BCUT2D eigenvalue weighted by Gasteiger charge is 2.11. The van der Waals surface area contributed by atoms with Gasteiger partial charge in [0.1, 0.15) is 0 Å². The molecule has 0 aliphatic rings. The lowest BCUT2D eigenvalue weighted by Crippen LogP contribution is -2.08. The summed E-state index contributed by atoms with van der Waals surface area (Å²) in [6.45, 7) is 16.1. The summed E-state index contributed by atoms with van der Waals surface area (Å²) < 4.78 is 4.40. The standard InChI is InChI=1S/C8H18.C4H8O2.C2H4O2.H2O/c1-7(2)6-8(3,4)5;1-3-6-4(2)5;1-2(3)4;/h7H,6H2,1-5H3;3H2,1-2H3;1H3,(H,3,4);1H2. The summed E-state index contributed by atoms with van der Waals surface area (Å²) in [5.74, 6) is -0.201. The molecule has 0 atom stereocenters. The molecule has 5 nitrogen and oxygen atoms in total. The Bertz CT molecular complexity index is 212. The third-order valence-electron chi connectivity index (χ3n) is 1.37. The number of ether oxygens (including phenoxy) is 1. The number of carboxylic acid groups (broad SMARTS) is 1. The van der Waals surface area contributed by atoms with Crippen molar-refractivity contribution in [3.63, 3.8) is 0 Å². The highest BCUT2D eigenvalue weighted by atomic mass is 16.5. The van der Waals surface area contributed by atoms with E-state index in [-0.39, 0.29) is 11.4 Å². The van der Waals surface area contributed by atoms with Crippen LogP contribution in [0.2, 0.25) is 0 Å². The van der Waals surface area contributed by atoms with Crippen LogP contribution in [0.15, 0.2) is 0 Å². The second kappa shape index (κ2) is 15.0. The molecule has 0 unspecified atom stereocenters. The minimum absolute atomic E-state index is 0.